The molecule has 4 N–H and O–H groups in total. The van der Waals surface area contributed by atoms with Gasteiger partial charge in [0.1, 0.15) is 0 Å². The Morgan fingerprint density at radius 3 is 2.56 bits per heavy atom. The van der Waals surface area contributed by atoms with Crippen molar-refractivity contribution in [1.82, 2.24) is 0 Å². The molecule has 0 radical (unpaired) electrons. The highest BCUT2D eigenvalue weighted by Gasteiger charge is 2.12. The fourth-order valence-electron chi connectivity index (χ4n) is 0.509. The minimum atomic E-state index is -1.74. The Balaban J connectivity index is 3.15. The normalized spacial score (nSPS) is 13.3. The van der Waals surface area contributed by atoms with Crippen molar-refractivity contribution >= 4 is 7.32 Å². The van der Waals surface area contributed by atoms with Crippen LogP contribution in [0.1, 0.15) is 19.8 Å². The molecule has 0 aromatic carbocycles. The smallest absolute Gasteiger partial charge is 0.402 e. The third-order valence-corrected chi connectivity index (χ3v) is 0.870. The van der Waals surface area contributed by atoms with Crippen LogP contribution in [-0.4, -0.2) is 23.6 Å². The highest BCUT2D eigenvalue weighted by Crippen LogP contribution is 1.94. The molecule has 0 rings (SSSR count). The van der Waals surface area contributed by atoms with Crippen LogP contribution in [0.4, 0.5) is 0 Å². The molecule has 54 valence electrons. The third-order valence-electron chi connectivity index (χ3n) is 0.870. The van der Waals surface area contributed by atoms with Gasteiger partial charge in [-0.15, -0.1) is 0 Å². The lowest BCUT2D eigenvalue weighted by Gasteiger charge is -2.09. The topological polar surface area (TPSA) is 75.7 Å². The van der Waals surface area contributed by atoms with Gasteiger partial charge in [0.05, 0.1) is 6.23 Å². The Bertz CT molecular complexity index is 70.8. The van der Waals surface area contributed by atoms with E-state index in [1.165, 1.54) is 0 Å². The zero-order valence-electron chi connectivity index (χ0n) is 5.45. The molecule has 0 saturated carbocycles. The molecule has 5 heteroatoms. The van der Waals surface area contributed by atoms with Gasteiger partial charge in [-0.2, -0.15) is 0 Å². The van der Waals surface area contributed by atoms with Crippen molar-refractivity contribution in [2.75, 3.05) is 0 Å². The summed E-state index contributed by atoms with van der Waals surface area (Å²) in [6, 6.07) is 0. The van der Waals surface area contributed by atoms with Crippen LogP contribution in [0.25, 0.3) is 0 Å². The van der Waals surface area contributed by atoms with Gasteiger partial charge in [-0.3, -0.25) is 0 Å². The second-order valence-electron chi connectivity index (χ2n) is 1.79. The van der Waals surface area contributed by atoms with E-state index >= 15 is 0 Å². The maximum absolute atomic E-state index is 8.20. The molecule has 0 fully saturated rings. The third kappa shape index (κ3) is 5.78. The summed E-state index contributed by atoms with van der Waals surface area (Å²) in [6.45, 7) is 1.94. The maximum Gasteiger partial charge on any atom is 0.635 e. The SMILES string of the molecule is CCCC(N)OB(O)O. The van der Waals surface area contributed by atoms with Crippen LogP contribution in [0.5, 0.6) is 0 Å². The van der Waals surface area contributed by atoms with Crippen LogP contribution in [0.15, 0.2) is 0 Å². The summed E-state index contributed by atoms with van der Waals surface area (Å²) in [5.74, 6) is 0. The van der Waals surface area contributed by atoms with E-state index in [2.05, 4.69) is 4.65 Å². The van der Waals surface area contributed by atoms with Gasteiger partial charge in [-0.25, -0.2) is 0 Å². The molecule has 0 spiro atoms. The Kier molecular flexibility index (Phi) is 4.70. The van der Waals surface area contributed by atoms with E-state index in [1.54, 1.807) is 0 Å². The average Bonchev–Trinajstić information content (AvgIpc) is 1.63. The molecule has 0 aliphatic carbocycles. The molecular formula is C4H12BNO3. The van der Waals surface area contributed by atoms with Crippen molar-refractivity contribution in [3.05, 3.63) is 0 Å². The minimum Gasteiger partial charge on any atom is -0.402 e. The zero-order valence-corrected chi connectivity index (χ0v) is 5.45. The van der Waals surface area contributed by atoms with Crippen LogP contribution in [-0.2, 0) is 4.65 Å². The molecule has 0 saturated heterocycles. The van der Waals surface area contributed by atoms with Crippen molar-refractivity contribution in [2.45, 2.75) is 26.0 Å². The van der Waals surface area contributed by atoms with Gasteiger partial charge >= 0.3 is 7.32 Å². The fraction of sp³-hybridized carbons (Fsp3) is 1.00. The Hall–Kier alpha value is -0.0951. The lowest BCUT2D eigenvalue weighted by molar-refractivity contribution is 0.115. The van der Waals surface area contributed by atoms with E-state index in [1.807, 2.05) is 6.92 Å². The molecule has 4 nitrogen and oxygen atoms in total. The molecule has 0 bridgehead atoms. The van der Waals surface area contributed by atoms with Crippen molar-refractivity contribution in [3.63, 3.8) is 0 Å². The first kappa shape index (κ1) is 8.90. The maximum atomic E-state index is 8.20. The lowest BCUT2D eigenvalue weighted by atomic mass is 10.2. The van der Waals surface area contributed by atoms with Crippen LogP contribution in [0, 0.1) is 0 Å². The van der Waals surface area contributed by atoms with Crippen LogP contribution >= 0.6 is 0 Å². The fourth-order valence-corrected chi connectivity index (χ4v) is 0.509. The van der Waals surface area contributed by atoms with Crippen molar-refractivity contribution < 1.29 is 14.7 Å². The quantitative estimate of drug-likeness (QED) is 0.341. The number of rotatable bonds is 4. The molecular weight excluding hydrogens is 121 g/mol. The van der Waals surface area contributed by atoms with Gasteiger partial charge in [0, 0.05) is 0 Å². The first-order valence-corrected chi connectivity index (χ1v) is 2.94. The summed E-state index contributed by atoms with van der Waals surface area (Å²) in [7, 11) is -1.74. The molecule has 1 unspecified atom stereocenters. The summed E-state index contributed by atoms with van der Waals surface area (Å²) in [5, 5.41) is 16.4. The molecule has 1 atom stereocenters. The summed E-state index contributed by atoms with van der Waals surface area (Å²) < 4.78 is 4.38. The first-order chi connectivity index (χ1) is 4.16. The van der Waals surface area contributed by atoms with Gasteiger partial charge in [0.15, 0.2) is 0 Å². The van der Waals surface area contributed by atoms with Gasteiger partial charge in [0.2, 0.25) is 0 Å². The van der Waals surface area contributed by atoms with Gasteiger partial charge in [-0.1, -0.05) is 13.3 Å². The summed E-state index contributed by atoms with van der Waals surface area (Å²) in [5.41, 5.74) is 5.24. The van der Waals surface area contributed by atoms with E-state index in [0.29, 0.717) is 6.42 Å². The molecule has 0 aliphatic heterocycles. The average molecular weight is 133 g/mol. The monoisotopic (exact) mass is 133 g/mol. The Labute approximate surface area is 54.8 Å². The molecule has 9 heavy (non-hydrogen) atoms. The lowest BCUT2D eigenvalue weighted by Crippen LogP contribution is -2.32. The highest BCUT2D eigenvalue weighted by molar-refractivity contribution is 6.32. The standard InChI is InChI=1S/C4H12BNO3/c1-2-3-4(6)9-5(7)8/h4,7-8H,2-3,6H2,1H3. The minimum absolute atomic E-state index is 0.560. The van der Waals surface area contributed by atoms with E-state index in [-0.39, 0.29) is 0 Å². The van der Waals surface area contributed by atoms with Gasteiger partial charge < -0.3 is 20.4 Å². The second kappa shape index (κ2) is 4.75. The van der Waals surface area contributed by atoms with E-state index in [4.69, 9.17) is 15.8 Å². The van der Waals surface area contributed by atoms with E-state index in [9.17, 15) is 0 Å². The summed E-state index contributed by atoms with van der Waals surface area (Å²) in [6.07, 6.45) is 0.945. The van der Waals surface area contributed by atoms with Crippen molar-refractivity contribution in [2.24, 2.45) is 5.73 Å². The Morgan fingerprint density at radius 1 is 1.67 bits per heavy atom. The summed E-state index contributed by atoms with van der Waals surface area (Å²) in [4.78, 5) is 0. The molecule has 0 aromatic heterocycles. The van der Waals surface area contributed by atoms with Gasteiger partial charge in [0.25, 0.3) is 0 Å². The number of nitrogens with two attached hydrogens (primary N) is 1. The molecule has 0 amide bonds. The van der Waals surface area contributed by atoms with Crippen LogP contribution in [0.3, 0.4) is 0 Å². The van der Waals surface area contributed by atoms with Crippen LogP contribution < -0.4 is 5.73 Å². The van der Waals surface area contributed by atoms with Crippen molar-refractivity contribution in [3.8, 4) is 0 Å². The van der Waals surface area contributed by atoms with Crippen LogP contribution in [0.2, 0.25) is 0 Å². The predicted octanol–water partition coefficient (Wildman–Crippen LogP) is -0.943. The van der Waals surface area contributed by atoms with E-state index in [0.717, 1.165) is 6.42 Å². The molecule has 0 heterocycles. The summed E-state index contributed by atoms with van der Waals surface area (Å²) >= 11 is 0. The second-order valence-corrected chi connectivity index (χ2v) is 1.79. The van der Waals surface area contributed by atoms with Crippen molar-refractivity contribution in [1.29, 1.82) is 0 Å². The highest BCUT2D eigenvalue weighted by atomic mass is 16.6. The molecule has 0 aromatic rings. The zero-order chi connectivity index (χ0) is 7.28. The largest absolute Gasteiger partial charge is 0.635 e. The number of hydrogen-bond donors (Lipinski definition) is 3. The Morgan fingerprint density at radius 2 is 2.22 bits per heavy atom. The number of hydrogen-bond acceptors (Lipinski definition) is 4. The first-order valence-electron chi connectivity index (χ1n) is 2.94. The van der Waals surface area contributed by atoms with E-state index < -0.39 is 13.5 Å². The van der Waals surface area contributed by atoms with Gasteiger partial charge in [-0.05, 0) is 6.42 Å². The predicted molar refractivity (Wildman–Crippen MR) is 34.2 cm³/mol. The molecule has 0 aliphatic rings.